The fourth-order valence-electron chi connectivity index (χ4n) is 3.71. The van der Waals surface area contributed by atoms with Crippen LogP contribution < -0.4 is 11.0 Å². The molecule has 3 aromatic rings. The molecule has 1 heterocycles. The van der Waals surface area contributed by atoms with Crippen molar-refractivity contribution in [1.82, 2.24) is 9.66 Å². The molecule has 0 aliphatic heterocycles. The molecule has 0 spiro atoms. The molecule has 150 valence electrons. The summed E-state index contributed by atoms with van der Waals surface area (Å²) in [7, 11) is 0. The first-order valence-electron chi connectivity index (χ1n) is 9.79. The van der Waals surface area contributed by atoms with E-state index in [2.05, 4.69) is 10.4 Å². The lowest BCUT2D eigenvalue weighted by Crippen LogP contribution is -2.35. The van der Waals surface area contributed by atoms with Crippen molar-refractivity contribution in [2.24, 2.45) is 5.92 Å². The van der Waals surface area contributed by atoms with E-state index in [1.165, 1.54) is 22.5 Å². The molecule has 0 bridgehead atoms. The third-order valence-electron chi connectivity index (χ3n) is 5.24. The number of para-hydroxylation sites is 1. The molecule has 1 fully saturated rings. The Hall–Kier alpha value is -2.67. The van der Waals surface area contributed by atoms with Crippen molar-refractivity contribution < 1.29 is 9.18 Å². The second kappa shape index (κ2) is 8.78. The Morgan fingerprint density at radius 3 is 2.66 bits per heavy atom. The summed E-state index contributed by atoms with van der Waals surface area (Å²) >= 11 is 1.23. The summed E-state index contributed by atoms with van der Waals surface area (Å²) in [5.74, 6) is 0.174. The second-order valence-corrected chi connectivity index (χ2v) is 8.26. The SMILES string of the molecule is O=C(CC1CCCC1)Nn1c(SCc2ccccc2F)nc2ccccc2c1=O. The summed E-state index contributed by atoms with van der Waals surface area (Å²) in [5, 5.41) is 0.778. The van der Waals surface area contributed by atoms with Gasteiger partial charge in [0.05, 0.1) is 10.9 Å². The smallest absolute Gasteiger partial charge is 0.273 e. The molecular weight excluding hydrogens is 389 g/mol. The number of fused-ring (bicyclic) bond motifs is 1. The van der Waals surface area contributed by atoms with Gasteiger partial charge >= 0.3 is 0 Å². The zero-order valence-electron chi connectivity index (χ0n) is 15.9. The van der Waals surface area contributed by atoms with Crippen LogP contribution in [0.5, 0.6) is 0 Å². The maximum atomic E-state index is 14.0. The molecule has 0 saturated heterocycles. The molecule has 1 aliphatic rings. The van der Waals surface area contributed by atoms with Gasteiger partial charge in [0.15, 0.2) is 5.16 Å². The number of benzene rings is 2. The van der Waals surface area contributed by atoms with E-state index in [0.29, 0.717) is 39.7 Å². The number of hydrogen-bond acceptors (Lipinski definition) is 4. The monoisotopic (exact) mass is 411 g/mol. The quantitative estimate of drug-likeness (QED) is 0.480. The van der Waals surface area contributed by atoms with Gasteiger partial charge in [0, 0.05) is 12.2 Å². The number of halogens is 1. The van der Waals surface area contributed by atoms with Gasteiger partial charge in [0.25, 0.3) is 5.56 Å². The first-order valence-corrected chi connectivity index (χ1v) is 10.8. The molecule has 0 radical (unpaired) electrons. The van der Waals surface area contributed by atoms with Crippen molar-refractivity contribution in [2.75, 3.05) is 5.43 Å². The van der Waals surface area contributed by atoms with Crippen LogP contribution in [0.1, 0.15) is 37.7 Å². The Morgan fingerprint density at radius 2 is 1.86 bits per heavy atom. The van der Waals surface area contributed by atoms with Crippen LogP contribution in [0.3, 0.4) is 0 Å². The fraction of sp³-hybridized carbons (Fsp3) is 0.318. The summed E-state index contributed by atoms with van der Waals surface area (Å²) in [4.78, 5) is 30.1. The molecule has 1 aromatic heterocycles. The van der Waals surface area contributed by atoms with Crippen LogP contribution in [0.25, 0.3) is 10.9 Å². The van der Waals surface area contributed by atoms with Gasteiger partial charge in [0.1, 0.15) is 5.82 Å². The third kappa shape index (κ3) is 4.50. The summed E-state index contributed by atoms with van der Waals surface area (Å²) < 4.78 is 15.2. The zero-order chi connectivity index (χ0) is 20.2. The highest BCUT2D eigenvalue weighted by Crippen LogP contribution is 2.28. The predicted molar refractivity (Wildman–Crippen MR) is 113 cm³/mol. The highest BCUT2D eigenvalue weighted by Gasteiger charge is 2.20. The summed E-state index contributed by atoms with van der Waals surface area (Å²) in [6.45, 7) is 0. The van der Waals surface area contributed by atoms with E-state index in [-0.39, 0.29) is 17.3 Å². The van der Waals surface area contributed by atoms with Gasteiger partial charge in [-0.3, -0.25) is 15.0 Å². The van der Waals surface area contributed by atoms with Crippen LogP contribution in [-0.4, -0.2) is 15.6 Å². The van der Waals surface area contributed by atoms with E-state index in [0.717, 1.165) is 25.7 Å². The Labute approximate surface area is 172 Å². The lowest BCUT2D eigenvalue weighted by Gasteiger charge is -2.15. The molecule has 7 heteroatoms. The molecule has 1 amide bonds. The predicted octanol–water partition coefficient (Wildman–Crippen LogP) is 4.48. The molecule has 29 heavy (non-hydrogen) atoms. The number of rotatable bonds is 6. The van der Waals surface area contributed by atoms with Crippen LogP contribution >= 0.6 is 11.8 Å². The maximum Gasteiger partial charge on any atom is 0.281 e. The van der Waals surface area contributed by atoms with Crippen LogP contribution in [0, 0.1) is 11.7 Å². The number of hydrogen-bond donors (Lipinski definition) is 1. The molecule has 1 aliphatic carbocycles. The first-order chi connectivity index (χ1) is 14.1. The van der Waals surface area contributed by atoms with Gasteiger partial charge in [0.2, 0.25) is 5.91 Å². The minimum Gasteiger partial charge on any atom is -0.273 e. The van der Waals surface area contributed by atoms with E-state index in [1.807, 2.05) is 6.07 Å². The third-order valence-corrected chi connectivity index (χ3v) is 6.23. The highest BCUT2D eigenvalue weighted by molar-refractivity contribution is 7.98. The lowest BCUT2D eigenvalue weighted by molar-refractivity contribution is -0.118. The maximum absolute atomic E-state index is 14.0. The first kappa shape index (κ1) is 19.6. The standard InChI is InChI=1S/C22H22FN3O2S/c23-18-11-5-3-9-16(18)14-29-22-24-19-12-6-4-10-17(19)21(28)26(22)25-20(27)13-15-7-1-2-8-15/h3-6,9-12,15H,1-2,7-8,13-14H2,(H,25,27). The van der Waals surface area contributed by atoms with E-state index >= 15 is 0 Å². The summed E-state index contributed by atoms with van der Waals surface area (Å²) in [6.07, 6.45) is 4.80. The van der Waals surface area contributed by atoms with E-state index in [9.17, 15) is 14.0 Å². The van der Waals surface area contributed by atoms with Crippen molar-refractivity contribution >= 4 is 28.6 Å². The number of nitrogens with zero attached hydrogens (tertiary/aromatic N) is 2. The topological polar surface area (TPSA) is 64.0 Å². The molecule has 2 aromatic carbocycles. The average molecular weight is 412 g/mol. The van der Waals surface area contributed by atoms with Crippen molar-refractivity contribution in [1.29, 1.82) is 0 Å². The second-order valence-electron chi connectivity index (χ2n) is 7.32. The molecule has 5 nitrogen and oxygen atoms in total. The molecule has 0 atom stereocenters. The Kier molecular flexibility index (Phi) is 5.94. The number of nitrogens with one attached hydrogen (secondary N) is 1. The largest absolute Gasteiger partial charge is 0.281 e. The molecule has 0 unspecified atom stereocenters. The van der Waals surface area contributed by atoms with Crippen LogP contribution in [0.4, 0.5) is 4.39 Å². The van der Waals surface area contributed by atoms with Gasteiger partial charge in [-0.25, -0.2) is 9.37 Å². The Balaban J connectivity index is 1.63. The Morgan fingerprint density at radius 1 is 1.14 bits per heavy atom. The van der Waals surface area contributed by atoms with Crippen LogP contribution in [0.15, 0.2) is 58.5 Å². The van der Waals surface area contributed by atoms with Gasteiger partial charge < -0.3 is 0 Å². The average Bonchev–Trinajstić information content (AvgIpc) is 3.23. The molecule has 1 N–H and O–H groups in total. The number of carbonyl (C=O) groups excluding carboxylic acids is 1. The zero-order valence-corrected chi connectivity index (χ0v) is 16.8. The lowest BCUT2D eigenvalue weighted by atomic mass is 10.0. The number of amides is 1. The van der Waals surface area contributed by atoms with Crippen molar-refractivity contribution in [3.63, 3.8) is 0 Å². The van der Waals surface area contributed by atoms with Crippen LogP contribution in [-0.2, 0) is 10.5 Å². The number of carbonyl (C=O) groups is 1. The van der Waals surface area contributed by atoms with Crippen molar-refractivity contribution in [3.05, 3.63) is 70.3 Å². The van der Waals surface area contributed by atoms with Gasteiger partial charge in [-0.15, -0.1) is 0 Å². The normalized spacial score (nSPS) is 14.4. The Bertz CT molecular complexity index is 1090. The fourth-order valence-corrected chi connectivity index (χ4v) is 4.65. The van der Waals surface area contributed by atoms with Crippen LogP contribution in [0.2, 0.25) is 0 Å². The number of aromatic nitrogens is 2. The van der Waals surface area contributed by atoms with Crippen molar-refractivity contribution in [3.8, 4) is 0 Å². The van der Waals surface area contributed by atoms with E-state index in [4.69, 9.17) is 0 Å². The van der Waals surface area contributed by atoms with Gasteiger partial charge in [-0.1, -0.05) is 54.9 Å². The number of thioether (sulfide) groups is 1. The van der Waals surface area contributed by atoms with Gasteiger partial charge in [-0.05, 0) is 42.5 Å². The molecule has 4 rings (SSSR count). The van der Waals surface area contributed by atoms with Crippen molar-refractivity contribution in [2.45, 2.75) is 43.0 Å². The minimum atomic E-state index is -0.327. The van der Waals surface area contributed by atoms with E-state index < -0.39 is 0 Å². The highest BCUT2D eigenvalue weighted by atomic mass is 32.2. The summed E-state index contributed by atoms with van der Waals surface area (Å²) in [6, 6.07) is 13.5. The molecule has 1 saturated carbocycles. The summed E-state index contributed by atoms with van der Waals surface area (Å²) in [5.41, 5.74) is 3.48. The molecular formula is C22H22FN3O2S. The minimum absolute atomic E-state index is 0.191. The van der Waals surface area contributed by atoms with E-state index in [1.54, 1.807) is 36.4 Å². The van der Waals surface area contributed by atoms with Gasteiger partial charge in [-0.2, -0.15) is 4.68 Å².